The Morgan fingerprint density at radius 3 is 2.78 bits per heavy atom. The number of ether oxygens (including phenoxy) is 1. The predicted octanol–water partition coefficient (Wildman–Crippen LogP) is 3.21. The molecule has 2 aliphatic heterocycles. The number of aryl methyl sites for hydroxylation is 2. The summed E-state index contributed by atoms with van der Waals surface area (Å²) < 4.78 is 7.80. The molecule has 10 heteroatoms. The van der Waals surface area contributed by atoms with Crippen LogP contribution in [0.15, 0.2) is 36.9 Å². The Bertz CT molecular complexity index is 1460. The normalized spacial score (nSPS) is 21.2. The fraction of sp³-hybridized carbons (Fsp3) is 0.385. The second kappa shape index (κ2) is 8.72. The minimum absolute atomic E-state index is 0.0719. The summed E-state index contributed by atoms with van der Waals surface area (Å²) in [4.78, 5) is 35.8. The number of carbonyl (C=O) groups is 1. The number of anilines is 1. The van der Waals surface area contributed by atoms with E-state index in [4.69, 9.17) is 9.72 Å². The quantitative estimate of drug-likeness (QED) is 0.428. The number of nitrogens with one attached hydrogen (secondary N) is 2. The van der Waals surface area contributed by atoms with Crippen LogP contribution < -0.4 is 10.6 Å². The first-order chi connectivity index (χ1) is 17.5. The van der Waals surface area contributed by atoms with E-state index in [1.54, 1.807) is 18.7 Å². The van der Waals surface area contributed by atoms with Gasteiger partial charge in [0.05, 0.1) is 11.7 Å². The number of hydrogen-bond donors (Lipinski definition) is 2. The van der Waals surface area contributed by atoms with Gasteiger partial charge in [-0.2, -0.15) is 0 Å². The summed E-state index contributed by atoms with van der Waals surface area (Å²) in [6.45, 7) is 7.91. The lowest BCUT2D eigenvalue weighted by Gasteiger charge is -2.26. The van der Waals surface area contributed by atoms with Crippen LogP contribution in [0.5, 0.6) is 0 Å². The van der Waals surface area contributed by atoms with E-state index in [0.29, 0.717) is 30.1 Å². The van der Waals surface area contributed by atoms with Crippen molar-refractivity contribution in [3.63, 3.8) is 0 Å². The number of benzene rings is 1. The summed E-state index contributed by atoms with van der Waals surface area (Å²) >= 11 is 0. The van der Waals surface area contributed by atoms with E-state index in [2.05, 4.69) is 37.5 Å². The van der Waals surface area contributed by atoms with Crippen molar-refractivity contribution in [1.29, 1.82) is 0 Å². The molecule has 3 aromatic heterocycles. The highest BCUT2D eigenvalue weighted by molar-refractivity contribution is 6.06. The average molecular weight is 485 g/mol. The van der Waals surface area contributed by atoms with E-state index in [-0.39, 0.29) is 12.0 Å². The first-order valence-electron chi connectivity index (χ1n) is 12.3. The van der Waals surface area contributed by atoms with Crippen molar-refractivity contribution in [2.45, 2.75) is 51.8 Å². The zero-order chi connectivity index (χ0) is 24.9. The van der Waals surface area contributed by atoms with Crippen molar-refractivity contribution in [2.75, 3.05) is 18.5 Å². The minimum atomic E-state index is -0.864. The molecule has 4 aromatic rings. The molecule has 0 bridgehead atoms. The summed E-state index contributed by atoms with van der Waals surface area (Å²) in [5.74, 6) is 1.38. The summed E-state index contributed by atoms with van der Waals surface area (Å²) in [5, 5.41) is 6.49. The van der Waals surface area contributed by atoms with Gasteiger partial charge in [-0.25, -0.2) is 24.9 Å². The molecule has 184 valence electrons. The second-order valence-corrected chi connectivity index (χ2v) is 9.45. The Hall–Kier alpha value is -3.76. The van der Waals surface area contributed by atoms with E-state index in [9.17, 15) is 4.79 Å². The molecule has 5 heterocycles. The van der Waals surface area contributed by atoms with E-state index in [1.165, 1.54) is 0 Å². The van der Waals surface area contributed by atoms with Crippen LogP contribution >= 0.6 is 0 Å². The lowest BCUT2D eigenvalue weighted by Crippen LogP contribution is -2.48. The maximum atomic E-state index is 13.0. The molecule has 1 saturated heterocycles. The lowest BCUT2D eigenvalue weighted by molar-refractivity contribution is -0.121. The lowest BCUT2D eigenvalue weighted by atomic mass is 9.91. The van der Waals surface area contributed by atoms with Gasteiger partial charge in [-0.05, 0) is 45.7 Å². The van der Waals surface area contributed by atoms with Crippen molar-refractivity contribution in [2.24, 2.45) is 0 Å². The first-order valence-corrected chi connectivity index (χ1v) is 12.3. The van der Waals surface area contributed by atoms with Gasteiger partial charge in [0.1, 0.15) is 34.7 Å². The van der Waals surface area contributed by atoms with Gasteiger partial charge in [-0.15, -0.1) is 0 Å². The second-order valence-electron chi connectivity index (χ2n) is 9.45. The van der Waals surface area contributed by atoms with E-state index in [1.807, 2.05) is 36.6 Å². The highest BCUT2D eigenvalue weighted by Gasteiger charge is 2.43. The van der Waals surface area contributed by atoms with Gasteiger partial charge in [0.15, 0.2) is 5.65 Å². The van der Waals surface area contributed by atoms with Crippen LogP contribution in [0, 0.1) is 6.92 Å². The minimum Gasteiger partial charge on any atom is -0.377 e. The number of aromatic nitrogens is 6. The van der Waals surface area contributed by atoms with Gasteiger partial charge in [0, 0.05) is 48.9 Å². The molecule has 0 radical (unpaired) electrons. The molecule has 2 atom stereocenters. The van der Waals surface area contributed by atoms with Crippen LogP contribution in [-0.4, -0.2) is 54.6 Å². The highest BCUT2D eigenvalue weighted by Crippen LogP contribution is 2.39. The molecule has 10 nitrogen and oxygen atoms in total. The van der Waals surface area contributed by atoms with Crippen LogP contribution in [0.2, 0.25) is 0 Å². The predicted molar refractivity (Wildman–Crippen MR) is 135 cm³/mol. The Morgan fingerprint density at radius 1 is 1.19 bits per heavy atom. The summed E-state index contributed by atoms with van der Waals surface area (Å²) in [5.41, 5.74) is 4.66. The third kappa shape index (κ3) is 3.64. The van der Waals surface area contributed by atoms with Crippen LogP contribution in [0.25, 0.3) is 33.8 Å². The van der Waals surface area contributed by atoms with Crippen molar-refractivity contribution in [1.82, 2.24) is 34.8 Å². The molecule has 0 aliphatic carbocycles. The summed E-state index contributed by atoms with van der Waals surface area (Å²) in [6, 6.07) is 5.92. The molecule has 0 spiro atoms. The van der Waals surface area contributed by atoms with Crippen LogP contribution in [0.4, 0.5) is 5.69 Å². The molecule has 0 saturated carbocycles. The molecule has 2 unspecified atom stereocenters. The molecule has 1 fully saturated rings. The molecular weight excluding hydrogens is 456 g/mol. The van der Waals surface area contributed by atoms with Gasteiger partial charge < -0.3 is 14.6 Å². The molecule has 2 aliphatic rings. The third-order valence-corrected chi connectivity index (χ3v) is 7.13. The fourth-order valence-electron chi connectivity index (χ4n) is 5.06. The van der Waals surface area contributed by atoms with E-state index in [0.717, 1.165) is 53.3 Å². The zero-order valence-electron chi connectivity index (χ0n) is 20.6. The highest BCUT2D eigenvalue weighted by atomic mass is 16.5. The largest absolute Gasteiger partial charge is 0.377 e. The molecule has 1 aromatic carbocycles. The zero-order valence-corrected chi connectivity index (χ0v) is 20.6. The van der Waals surface area contributed by atoms with Gasteiger partial charge in [0.2, 0.25) is 5.91 Å². The van der Waals surface area contributed by atoms with Crippen molar-refractivity contribution in [3.8, 4) is 22.6 Å². The first kappa shape index (κ1) is 22.7. The topological polar surface area (TPSA) is 120 Å². The smallest absolute Gasteiger partial charge is 0.249 e. The number of fused-ring (bicyclic) bond motifs is 2. The average Bonchev–Trinajstić information content (AvgIpc) is 3.60. The molecule has 36 heavy (non-hydrogen) atoms. The van der Waals surface area contributed by atoms with Crippen LogP contribution in [0.3, 0.4) is 0 Å². The number of rotatable bonds is 6. The van der Waals surface area contributed by atoms with Gasteiger partial charge in [-0.3, -0.25) is 10.1 Å². The number of carbonyl (C=O) groups excluding carboxylic acids is 1. The van der Waals surface area contributed by atoms with Gasteiger partial charge in [0.25, 0.3) is 0 Å². The van der Waals surface area contributed by atoms with Crippen molar-refractivity contribution in [3.05, 3.63) is 48.3 Å². The Labute approximate surface area is 208 Å². The van der Waals surface area contributed by atoms with E-state index >= 15 is 0 Å². The Morgan fingerprint density at radius 2 is 2.03 bits per heavy atom. The number of amides is 1. The summed E-state index contributed by atoms with van der Waals surface area (Å²) in [6.07, 6.45) is 7.31. The third-order valence-electron chi connectivity index (χ3n) is 7.13. The Balaban J connectivity index is 1.42. The number of nitrogens with zero attached hydrogens (tertiary/aromatic N) is 6. The Kier molecular flexibility index (Phi) is 5.50. The molecule has 6 rings (SSSR count). The summed E-state index contributed by atoms with van der Waals surface area (Å²) in [7, 11) is 0. The molecular formula is C26H28N8O2. The number of hydrogen-bond acceptors (Lipinski definition) is 8. The van der Waals surface area contributed by atoms with Gasteiger partial charge >= 0.3 is 0 Å². The molecule has 2 N–H and O–H groups in total. The van der Waals surface area contributed by atoms with Crippen molar-refractivity contribution < 1.29 is 9.53 Å². The monoisotopic (exact) mass is 484 g/mol. The van der Waals surface area contributed by atoms with E-state index < -0.39 is 5.54 Å². The number of imidazole rings is 1. The van der Waals surface area contributed by atoms with Crippen LogP contribution in [-0.2, 0) is 21.6 Å². The van der Waals surface area contributed by atoms with Crippen LogP contribution in [0.1, 0.15) is 38.1 Å². The maximum absolute atomic E-state index is 13.0. The fourth-order valence-corrected chi connectivity index (χ4v) is 5.06. The standard InChI is InChI=1S/C26H28N8O2/c1-4-34-23(17-11-27-15(2)28-12-17)33-22-21(29-14-30-24(22)34)16-7-8-20-19(10-16)26(3,25(35)32-20)31-13-18-6-5-9-36-18/h7-8,10-12,14,18,31H,4-6,9,13H2,1-3H3,(H,32,35). The van der Waals surface area contributed by atoms with Crippen molar-refractivity contribution >= 4 is 22.8 Å². The SMILES string of the molecule is CCn1c(-c2cnc(C)nc2)nc2c(-c3ccc4c(c3)C(C)(NCC3CCCO3)C(=O)N4)ncnc21. The maximum Gasteiger partial charge on any atom is 0.249 e. The molecule has 1 amide bonds. The van der Waals surface area contributed by atoms with Gasteiger partial charge in [-0.1, -0.05) is 6.07 Å².